The summed E-state index contributed by atoms with van der Waals surface area (Å²) in [6.45, 7) is 9.09. The van der Waals surface area contributed by atoms with Crippen LogP contribution in [0.2, 0.25) is 5.02 Å². The quantitative estimate of drug-likeness (QED) is 0.494. The molecule has 0 atom stereocenters. The minimum Gasteiger partial charge on any atom is -0.494 e. The van der Waals surface area contributed by atoms with Crippen LogP contribution in [0.3, 0.4) is 0 Å². The van der Waals surface area contributed by atoms with Gasteiger partial charge in [0.15, 0.2) is 12.4 Å². The highest BCUT2D eigenvalue weighted by Gasteiger charge is 2.22. The highest BCUT2D eigenvalue weighted by molar-refractivity contribution is 6.32. The van der Waals surface area contributed by atoms with Gasteiger partial charge in [0, 0.05) is 36.8 Å². The zero-order valence-electron chi connectivity index (χ0n) is 19.8. The summed E-state index contributed by atoms with van der Waals surface area (Å²) in [7, 11) is 0. The summed E-state index contributed by atoms with van der Waals surface area (Å²) in [6.07, 6.45) is 0. The van der Waals surface area contributed by atoms with E-state index in [1.165, 1.54) is 0 Å². The number of piperazine rings is 1. The number of aromatic nitrogens is 2. The summed E-state index contributed by atoms with van der Waals surface area (Å²) < 4.78 is 11.2. The van der Waals surface area contributed by atoms with Crippen molar-refractivity contribution in [3.63, 3.8) is 0 Å². The monoisotopic (exact) mass is 480 g/mol. The molecule has 0 bridgehead atoms. The van der Waals surface area contributed by atoms with Gasteiger partial charge in [-0.15, -0.1) is 10.2 Å². The van der Waals surface area contributed by atoms with Crippen molar-refractivity contribution in [2.45, 2.75) is 20.8 Å². The minimum atomic E-state index is -0.0261. The molecule has 1 aliphatic heterocycles. The van der Waals surface area contributed by atoms with Crippen LogP contribution in [0.1, 0.15) is 18.1 Å². The Bertz CT molecular complexity index is 1100. The molecule has 1 saturated heterocycles. The molecule has 2 heterocycles. The van der Waals surface area contributed by atoms with Crippen molar-refractivity contribution in [2.75, 3.05) is 44.3 Å². The molecule has 0 saturated carbocycles. The lowest BCUT2D eigenvalue weighted by Gasteiger charge is -2.35. The molecule has 1 aromatic heterocycles. The van der Waals surface area contributed by atoms with Gasteiger partial charge in [-0.05, 0) is 80.4 Å². The first kappa shape index (κ1) is 23.8. The van der Waals surface area contributed by atoms with Gasteiger partial charge in [0.25, 0.3) is 5.91 Å². The molecule has 0 unspecified atom stereocenters. The molecular formula is C26H29ClN4O3. The van der Waals surface area contributed by atoms with Crippen LogP contribution >= 0.6 is 11.6 Å². The number of hydrogen-bond donors (Lipinski definition) is 0. The molecule has 0 radical (unpaired) electrons. The predicted octanol–water partition coefficient (Wildman–Crippen LogP) is 4.54. The Hall–Kier alpha value is -3.32. The number of aryl methyl sites for hydroxylation is 2. The molecule has 0 spiro atoms. The number of hydrogen-bond acceptors (Lipinski definition) is 6. The number of amides is 1. The topological polar surface area (TPSA) is 67.8 Å². The number of carbonyl (C=O) groups is 1. The van der Waals surface area contributed by atoms with E-state index in [4.69, 9.17) is 21.1 Å². The summed E-state index contributed by atoms with van der Waals surface area (Å²) in [5.74, 6) is 2.29. The Morgan fingerprint density at radius 1 is 0.912 bits per heavy atom. The van der Waals surface area contributed by atoms with E-state index in [0.717, 1.165) is 39.0 Å². The van der Waals surface area contributed by atoms with E-state index in [0.29, 0.717) is 38.5 Å². The van der Waals surface area contributed by atoms with Gasteiger partial charge in [-0.25, -0.2) is 0 Å². The Morgan fingerprint density at radius 3 is 2.18 bits per heavy atom. The number of benzene rings is 2. The first-order valence-electron chi connectivity index (χ1n) is 11.4. The fraction of sp³-hybridized carbons (Fsp3) is 0.346. The van der Waals surface area contributed by atoms with Gasteiger partial charge >= 0.3 is 0 Å². The summed E-state index contributed by atoms with van der Waals surface area (Å²) in [5.41, 5.74) is 3.68. The molecule has 0 N–H and O–H groups in total. The number of carbonyl (C=O) groups excluding carboxylic acids is 1. The van der Waals surface area contributed by atoms with Crippen LogP contribution < -0.4 is 14.4 Å². The Labute approximate surface area is 205 Å². The van der Waals surface area contributed by atoms with Gasteiger partial charge in [-0.1, -0.05) is 11.6 Å². The molecule has 34 heavy (non-hydrogen) atoms. The molecule has 1 fully saturated rings. The van der Waals surface area contributed by atoms with Crippen molar-refractivity contribution >= 4 is 23.3 Å². The summed E-state index contributed by atoms with van der Waals surface area (Å²) in [6, 6.07) is 15.5. The third-order valence-corrected chi connectivity index (χ3v) is 6.44. The van der Waals surface area contributed by atoms with Gasteiger partial charge in [-0.2, -0.15) is 0 Å². The molecule has 1 amide bonds. The van der Waals surface area contributed by atoms with E-state index < -0.39 is 0 Å². The maximum atomic E-state index is 12.6. The second-order valence-corrected chi connectivity index (χ2v) is 8.64. The molecule has 178 valence electrons. The van der Waals surface area contributed by atoms with Crippen LogP contribution in [-0.2, 0) is 4.79 Å². The Morgan fingerprint density at radius 2 is 1.59 bits per heavy atom. The predicted molar refractivity (Wildman–Crippen MR) is 134 cm³/mol. The number of rotatable bonds is 7. The zero-order valence-corrected chi connectivity index (χ0v) is 20.5. The van der Waals surface area contributed by atoms with Crippen molar-refractivity contribution in [2.24, 2.45) is 0 Å². The molecule has 8 heteroatoms. The van der Waals surface area contributed by atoms with Crippen LogP contribution in [0.5, 0.6) is 11.5 Å². The number of ether oxygens (including phenoxy) is 2. The lowest BCUT2D eigenvalue weighted by Crippen LogP contribution is -2.50. The molecule has 0 aliphatic carbocycles. The van der Waals surface area contributed by atoms with Crippen molar-refractivity contribution in [1.29, 1.82) is 0 Å². The van der Waals surface area contributed by atoms with Crippen LogP contribution in [0, 0.1) is 13.8 Å². The van der Waals surface area contributed by atoms with Gasteiger partial charge in [-0.3, -0.25) is 4.79 Å². The maximum Gasteiger partial charge on any atom is 0.260 e. The van der Waals surface area contributed by atoms with Gasteiger partial charge in [0.1, 0.15) is 11.5 Å². The van der Waals surface area contributed by atoms with E-state index in [2.05, 4.69) is 15.1 Å². The summed E-state index contributed by atoms with van der Waals surface area (Å²) in [4.78, 5) is 16.6. The lowest BCUT2D eigenvalue weighted by molar-refractivity contribution is -0.133. The average Bonchev–Trinajstić information content (AvgIpc) is 2.86. The van der Waals surface area contributed by atoms with Crippen LogP contribution in [0.25, 0.3) is 11.3 Å². The van der Waals surface area contributed by atoms with Crippen molar-refractivity contribution in [1.82, 2.24) is 15.1 Å². The maximum absolute atomic E-state index is 12.6. The van der Waals surface area contributed by atoms with Crippen molar-refractivity contribution < 1.29 is 14.3 Å². The van der Waals surface area contributed by atoms with Crippen LogP contribution in [0.15, 0.2) is 48.5 Å². The molecule has 1 aliphatic rings. The van der Waals surface area contributed by atoms with Crippen LogP contribution in [-0.4, -0.2) is 60.4 Å². The smallest absolute Gasteiger partial charge is 0.260 e. The average molecular weight is 481 g/mol. The standard InChI is InChI=1S/C26H29ClN4O3/c1-4-33-21-7-5-20(6-8-21)23-9-10-24(29-28-23)30-11-13-31(14-12-30)25(32)17-34-22-15-18(2)26(27)19(3)16-22/h5-10,15-16H,4,11-14,17H2,1-3H3. The second kappa shape index (κ2) is 10.7. The van der Waals surface area contributed by atoms with Gasteiger partial charge < -0.3 is 19.3 Å². The van der Waals surface area contributed by atoms with E-state index in [9.17, 15) is 4.79 Å². The van der Waals surface area contributed by atoms with Crippen molar-refractivity contribution in [3.8, 4) is 22.8 Å². The SMILES string of the molecule is CCOc1ccc(-c2ccc(N3CCN(C(=O)COc4cc(C)c(Cl)c(C)c4)CC3)nn2)cc1. The van der Waals surface area contributed by atoms with E-state index >= 15 is 0 Å². The fourth-order valence-electron chi connectivity index (χ4n) is 3.95. The van der Waals surface area contributed by atoms with Crippen molar-refractivity contribution in [3.05, 3.63) is 64.7 Å². The second-order valence-electron chi connectivity index (χ2n) is 8.26. The van der Waals surface area contributed by atoms with E-state index in [1.54, 1.807) is 0 Å². The first-order chi connectivity index (χ1) is 16.4. The Balaban J connectivity index is 1.29. The minimum absolute atomic E-state index is 0.0110. The molecule has 2 aromatic carbocycles. The Kier molecular flexibility index (Phi) is 7.53. The summed E-state index contributed by atoms with van der Waals surface area (Å²) in [5, 5.41) is 9.53. The van der Waals surface area contributed by atoms with Gasteiger partial charge in [0.05, 0.1) is 12.3 Å². The number of anilines is 1. The highest BCUT2D eigenvalue weighted by atomic mass is 35.5. The molecule has 7 nitrogen and oxygen atoms in total. The highest BCUT2D eigenvalue weighted by Crippen LogP contribution is 2.26. The van der Waals surface area contributed by atoms with E-state index in [1.807, 2.05) is 74.2 Å². The summed E-state index contributed by atoms with van der Waals surface area (Å²) >= 11 is 6.20. The first-order valence-corrected chi connectivity index (χ1v) is 11.8. The fourth-order valence-corrected chi connectivity index (χ4v) is 4.06. The molecule has 3 aromatic rings. The van der Waals surface area contributed by atoms with E-state index in [-0.39, 0.29) is 12.5 Å². The number of nitrogens with zero attached hydrogens (tertiary/aromatic N) is 4. The molecule has 4 rings (SSSR count). The normalized spacial score (nSPS) is 13.6. The third-order valence-electron chi connectivity index (χ3n) is 5.84. The lowest BCUT2D eigenvalue weighted by atomic mass is 10.1. The molecular weight excluding hydrogens is 452 g/mol. The van der Waals surface area contributed by atoms with Crippen LogP contribution in [0.4, 0.5) is 5.82 Å². The third kappa shape index (κ3) is 5.59. The number of halogens is 1. The largest absolute Gasteiger partial charge is 0.494 e. The zero-order chi connectivity index (χ0) is 24.1. The van der Waals surface area contributed by atoms with Gasteiger partial charge in [0.2, 0.25) is 0 Å².